The summed E-state index contributed by atoms with van der Waals surface area (Å²) >= 11 is 6.69. The molecule has 0 unspecified atom stereocenters. The van der Waals surface area contributed by atoms with Crippen LogP contribution in [0.2, 0.25) is 0 Å². The SMILES string of the molecule is C=C(Br)CSc1nc(N)c2c3c(sc2n1)CCCC3. The lowest BCUT2D eigenvalue weighted by molar-refractivity contribution is 0.700. The highest BCUT2D eigenvalue weighted by Crippen LogP contribution is 2.38. The van der Waals surface area contributed by atoms with Crippen LogP contribution in [0.3, 0.4) is 0 Å². The van der Waals surface area contributed by atoms with Gasteiger partial charge in [0.2, 0.25) is 0 Å². The van der Waals surface area contributed by atoms with Crippen molar-refractivity contribution >= 4 is 55.1 Å². The van der Waals surface area contributed by atoms with E-state index in [4.69, 9.17) is 5.73 Å². The van der Waals surface area contributed by atoms with E-state index in [-0.39, 0.29) is 0 Å². The molecule has 2 aromatic heterocycles. The first-order valence-corrected chi connectivity index (χ1v) is 8.78. The van der Waals surface area contributed by atoms with Gasteiger partial charge in [0.25, 0.3) is 0 Å². The standard InChI is InChI=1S/C13H14BrN3S2/c1-7(14)6-18-13-16-11(15)10-8-4-2-3-5-9(8)19-12(10)17-13/h1-6H2,(H2,15,16,17). The molecule has 0 bridgehead atoms. The van der Waals surface area contributed by atoms with Gasteiger partial charge in [0, 0.05) is 10.6 Å². The summed E-state index contributed by atoms with van der Waals surface area (Å²) in [7, 11) is 0. The van der Waals surface area contributed by atoms with E-state index in [1.165, 1.54) is 23.3 Å². The molecule has 0 aliphatic heterocycles. The van der Waals surface area contributed by atoms with Crippen molar-refractivity contribution in [3.05, 3.63) is 21.5 Å². The summed E-state index contributed by atoms with van der Waals surface area (Å²) < 4.78 is 0.935. The first kappa shape index (κ1) is 13.4. The third kappa shape index (κ3) is 2.66. The minimum absolute atomic E-state index is 0.632. The van der Waals surface area contributed by atoms with Gasteiger partial charge in [0.15, 0.2) is 5.16 Å². The molecule has 100 valence electrons. The van der Waals surface area contributed by atoms with E-state index in [9.17, 15) is 0 Å². The van der Waals surface area contributed by atoms with Gasteiger partial charge in [-0.15, -0.1) is 11.3 Å². The lowest BCUT2D eigenvalue weighted by atomic mass is 9.97. The average Bonchev–Trinajstić information content (AvgIpc) is 2.74. The molecular formula is C13H14BrN3S2. The number of aryl methyl sites for hydroxylation is 2. The van der Waals surface area contributed by atoms with E-state index in [2.05, 4.69) is 32.5 Å². The zero-order chi connectivity index (χ0) is 13.4. The Hall–Kier alpha value is -0.590. The molecule has 0 spiro atoms. The Balaban J connectivity index is 2.03. The Morgan fingerprint density at radius 3 is 2.95 bits per heavy atom. The number of nitrogens with two attached hydrogens (primary N) is 1. The zero-order valence-electron chi connectivity index (χ0n) is 10.4. The predicted octanol–water partition coefficient (Wildman–Crippen LogP) is 4.15. The van der Waals surface area contributed by atoms with Crippen molar-refractivity contribution in [1.29, 1.82) is 0 Å². The molecule has 0 aromatic carbocycles. The molecule has 2 aromatic rings. The number of aromatic nitrogens is 2. The van der Waals surface area contributed by atoms with Gasteiger partial charge in [-0.25, -0.2) is 9.97 Å². The van der Waals surface area contributed by atoms with Crippen LogP contribution in [0.15, 0.2) is 16.2 Å². The monoisotopic (exact) mass is 355 g/mol. The van der Waals surface area contributed by atoms with Crippen molar-refractivity contribution in [3.63, 3.8) is 0 Å². The first-order chi connectivity index (χ1) is 9.15. The molecule has 0 atom stereocenters. The number of hydrogen-bond donors (Lipinski definition) is 1. The van der Waals surface area contributed by atoms with Crippen molar-refractivity contribution in [2.75, 3.05) is 11.5 Å². The molecule has 0 fully saturated rings. The summed E-state index contributed by atoms with van der Waals surface area (Å²) in [5.41, 5.74) is 7.53. The fourth-order valence-corrected chi connectivity index (χ4v) is 4.65. The van der Waals surface area contributed by atoms with Crippen LogP contribution >= 0.6 is 39.0 Å². The Morgan fingerprint density at radius 2 is 2.16 bits per heavy atom. The van der Waals surface area contributed by atoms with E-state index in [1.807, 2.05) is 0 Å². The predicted molar refractivity (Wildman–Crippen MR) is 87.3 cm³/mol. The average molecular weight is 356 g/mol. The second kappa shape index (κ2) is 5.42. The lowest BCUT2D eigenvalue weighted by Crippen LogP contribution is -2.01. The maximum Gasteiger partial charge on any atom is 0.191 e. The second-order valence-electron chi connectivity index (χ2n) is 4.59. The fraction of sp³-hybridized carbons (Fsp3) is 0.385. The van der Waals surface area contributed by atoms with Gasteiger partial charge in [-0.2, -0.15) is 0 Å². The van der Waals surface area contributed by atoms with Crippen LogP contribution in [-0.2, 0) is 12.8 Å². The van der Waals surface area contributed by atoms with Gasteiger partial charge in [-0.05, 0) is 35.7 Å². The molecule has 19 heavy (non-hydrogen) atoms. The number of rotatable bonds is 3. The Labute approximate surface area is 128 Å². The summed E-state index contributed by atoms with van der Waals surface area (Å²) in [5, 5.41) is 1.84. The van der Waals surface area contributed by atoms with Crippen molar-refractivity contribution in [3.8, 4) is 0 Å². The van der Waals surface area contributed by atoms with Gasteiger partial charge in [0.1, 0.15) is 10.6 Å². The summed E-state index contributed by atoms with van der Waals surface area (Å²) in [4.78, 5) is 11.6. The highest BCUT2D eigenvalue weighted by Gasteiger charge is 2.20. The van der Waals surface area contributed by atoms with E-state index in [0.717, 1.165) is 38.4 Å². The van der Waals surface area contributed by atoms with Crippen molar-refractivity contribution < 1.29 is 0 Å². The molecule has 2 N–H and O–H groups in total. The molecule has 0 radical (unpaired) electrons. The van der Waals surface area contributed by atoms with Crippen LogP contribution in [0.5, 0.6) is 0 Å². The van der Waals surface area contributed by atoms with Crippen LogP contribution in [0.1, 0.15) is 23.3 Å². The largest absolute Gasteiger partial charge is 0.383 e. The van der Waals surface area contributed by atoms with Gasteiger partial charge in [-0.1, -0.05) is 34.3 Å². The number of nitrogens with zero attached hydrogens (tertiary/aromatic N) is 2. The molecular weight excluding hydrogens is 342 g/mol. The number of nitrogen functional groups attached to an aromatic ring is 1. The van der Waals surface area contributed by atoms with Crippen LogP contribution in [0.4, 0.5) is 5.82 Å². The summed E-state index contributed by atoms with van der Waals surface area (Å²) in [6, 6.07) is 0. The maximum atomic E-state index is 6.14. The first-order valence-electron chi connectivity index (χ1n) is 6.19. The molecule has 2 heterocycles. The minimum atomic E-state index is 0.632. The maximum absolute atomic E-state index is 6.14. The Morgan fingerprint density at radius 1 is 1.37 bits per heavy atom. The number of anilines is 1. The Kier molecular flexibility index (Phi) is 3.82. The zero-order valence-corrected chi connectivity index (χ0v) is 13.6. The van der Waals surface area contributed by atoms with E-state index < -0.39 is 0 Å². The molecule has 0 saturated carbocycles. The number of halogens is 1. The van der Waals surface area contributed by atoms with E-state index >= 15 is 0 Å². The number of fused-ring (bicyclic) bond motifs is 3. The summed E-state index contributed by atoms with van der Waals surface area (Å²) in [6.07, 6.45) is 4.81. The van der Waals surface area contributed by atoms with Crippen LogP contribution in [0, 0.1) is 0 Å². The third-order valence-corrected chi connectivity index (χ3v) is 5.95. The summed E-state index contributed by atoms with van der Waals surface area (Å²) in [5.74, 6) is 1.39. The highest BCUT2D eigenvalue weighted by atomic mass is 79.9. The van der Waals surface area contributed by atoms with Crippen LogP contribution in [0.25, 0.3) is 10.2 Å². The molecule has 1 aliphatic rings. The molecule has 0 amide bonds. The second-order valence-corrected chi connectivity index (χ2v) is 7.74. The highest BCUT2D eigenvalue weighted by molar-refractivity contribution is 9.11. The fourth-order valence-electron chi connectivity index (χ4n) is 2.37. The molecule has 3 rings (SSSR count). The van der Waals surface area contributed by atoms with Crippen molar-refractivity contribution in [1.82, 2.24) is 9.97 Å². The molecule has 3 nitrogen and oxygen atoms in total. The Bertz CT molecular complexity index is 651. The van der Waals surface area contributed by atoms with E-state index in [0.29, 0.717) is 5.82 Å². The number of hydrogen-bond acceptors (Lipinski definition) is 5. The van der Waals surface area contributed by atoms with Gasteiger partial charge < -0.3 is 5.73 Å². The van der Waals surface area contributed by atoms with Gasteiger partial charge >= 0.3 is 0 Å². The van der Waals surface area contributed by atoms with Gasteiger partial charge in [0.05, 0.1) is 5.39 Å². The number of thioether (sulfide) groups is 1. The quantitative estimate of drug-likeness (QED) is 0.663. The van der Waals surface area contributed by atoms with Gasteiger partial charge in [-0.3, -0.25) is 0 Å². The normalized spacial score (nSPS) is 14.6. The van der Waals surface area contributed by atoms with Crippen molar-refractivity contribution in [2.24, 2.45) is 0 Å². The van der Waals surface area contributed by atoms with Crippen LogP contribution in [-0.4, -0.2) is 15.7 Å². The molecule has 1 aliphatic carbocycles. The summed E-state index contributed by atoms with van der Waals surface area (Å²) in [6.45, 7) is 3.82. The van der Waals surface area contributed by atoms with Crippen LogP contribution < -0.4 is 5.73 Å². The topological polar surface area (TPSA) is 51.8 Å². The smallest absolute Gasteiger partial charge is 0.191 e. The van der Waals surface area contributed by atoms with E-state index in [1.54, 1.807) is 23.1 Å². The molecule has 0 saturated heterocycles. The lowest BCUT2D eigenvalue weighted by Gasteiger charge is -2.10. The minimum Gasteiger partial charge on any atom is -0.383 e. The third-order valence-electron chi connectivity index (χ3n) is 3.18. The number of thiophene rings is 1. The van der Waals surface area contributed by atoms with Crippen molar-refractivity contribution in [2.45, 2.75) is 30.8 Å². The molecule has 6 heteroatoms.